The molecule has 0 aliphatic rings. The van der Waals surface area contributed by atoms with Gasteiger partial charge in [-0.15, -0.1) is 0 Å². The predicted molar refractivity (Wildman–Crippen MR) is 69.5 cm³/mol. The Balaban J connectivity index is 2.16. The second-order valence-corrected chi connectivity index (χ2v) is 3.81. The number of hydrogen-bond donors (Lipinski definition) is 2. The molecule has 4 heteroatoms. The Morgan fingerprint density at radius 3 is 2.67 bits per heavy atom. The molecule has 0 bridgehead atoms. The van der Waals surface area contributed by atoms with Gasteiger partial charge in [0.05, 0.1) is 5.56 Å². The van der Waals surface area contributed by atoms with E-state index in [0.717, 1.165) is 11.3 Å². The lowest BCUT2D eigenvalue weighted by molar-refractivity contribution is 0.299. The summed E-state index contributed by atoms with van der Waals surface area (Å²) in [5.74, 6) is 0.551. The number of aliphatic hydroxyl groups excluding tert-OH is 1. The van der Waals surface area contributed by atoms with Gasteiger partial charge in [-0.2, -0.15) is 5.26 Å². The number of nitrogens with zero attached hydrogens (tertiary/aromatic N) is 2. The summed E-state index contributed by atoms with van der Waals surface area (Å²) < 4.78 is 0. The first-order valence-corrected chi connectivity index (χ1v) is 5.65. The number of anilines is 2. The Morgan fingerprint density at radius 2 is 2.00 bits per heavy atom. The molecule has 0 atom stereocenters. The summed E-state index contributed by atoms with van der Waals surface area (Å²) in [5, 5.41) is 20.9. The molecule has 2 aromatic rings. The van der Waals surface area contributed by atoms with E-state index in [2.05, 4.69) is 16.4 Å². The molecule has 0 saturated carbocycles. The summed E-state index contributed by atoms with van der Waals surface area (Å²) in [6.45, 7) is 0.144. The van der Waals surface area contributed by atoms with Crippen LogP contribution in [0.5, 0.6) is 0 Å². The van der Waals surface area contributed by atoms with Crippen molar-refractivity contribution in [1.29, 1.82) is 5.26 Å². The molecule has 1 aromatic carbocycles. The number of aromatic nitrogens is 1. The van der Waals surface area contributed by atoms with Crippen molar-refractivity contribution in [2.75, 3.05) is 11.9 Å². The van der Waals surface area contributed by atoms with Crippen LogP contribution in [0.3, 0.4) is 0 Å². The molecule has 0 fully saturated rings. The molecule has 2 rings (SSSR count). The topological polar surface area (TPSA) is 68.9 Å². The highest BCUT2D eigenvalue weighted by molar-refractivity contribution is 5.62. The molecule has 0 radical (unpaired) electrons. The van der Waals surface area contributed by atoms with Crippen molar-refractivity contribution >= 4 is 11.5 Å². The highest BCUT2D eigenvalue weighted by Crippen LogP contribution is 2.18. The fourth-order valence-corrected chi connectivity index (χ4v) is 1.62. The van der Waals surface area contributed by atoms with Gasteiger partial charge in [0, 0.05) is 18.5 Å². The molecule has 0 amide bonds. The number of benzene rings is 1. The molecule has 0 spiro atoms. The fraction of sp³-hybridized carbons (Fsp3) is 0.143. The van der Waals surface area contributed by atoms with E-state index in [1.807, 2.05) is 24.3 Å². The third kappa shape index (κ3) is 2.84. The largest absolute Gasteiger partial charge is 0.396 e. The Morgan fingerprint density at radius 1 is 1.22 bits per heavy atom. The van der Waals surface area contributed by atoms with Crippen LogP contribution >= 0.6 is 0 Å². The summed E-state index contributed by atoms with van der Waals surface area (Å²) >= 11 is 0. The average Bonchev–Trinajstić information content (AvgIpc) is 2.42. The first kappa shape index (κ1) is 12.1. The number of rotatable bonds is 4. The van der Waals surface area contributed by atoms with Crippen LogP contribution in [-0.2, 0) is 6.42 Å². The van der Waals surface area contributed by atoms with Crippen LogP contribution in [0.4, 0.5) is 11.5 Å². The van der Waals surface area contributed by atoms with Crippen molar-refractivity contribution in [2.24, 2.45) is 0 Å². The fourth-order valence-electron chi connectivity index (χ4n) is 1.62. The second kappa shape index (κ2) is 5.80. The number of hydrogen-bond acceptors (Lipinski definition) is 4. The van der Waals surface area contributed by atoms with Crippen LogP contribution in [0.25, 0.3) is 0 Å². The summed E-state index contributed by atoms with van der Waals surface area (Å²) in [6, 6.07) is 13.2. The highest BCUT2D eigenvalue weighted by atomic mass is 16.2. The molecular weight excluding hydrogens is 226 g/mol. The number of pyridine rings is 1. The van der Waals surface area contributed by atoms with E-state index in [0.29, 0.717) is 17.8 Å². The molecule has 0 saturated heterocycles. The number of nitriles is 1. The summed E-state index contributed by atoms with van der Waals surface area (Å²) in [7, 11) is 0. The van der Waals surface area contributed by atoms with Crippen LogP contribution in [0.15, 0.2) is 42.6 Å². The molecule has 0 aliphatic carbocycles. The van der Waals surface area contributed by atoms with Crippen LogP contribution in [0.2, 0.25) is 0 Å². The van der Waals surface area contributed by atoms with Crippen molar-refractivity contribution in [3.05, 3.63) is 53.7 Å². The Bertz CT molecular complexity index is 558. The van der Waals surface area contributed by atoms with Crippen molar-refractivity contribution in [3.8, 4) is 6.07 Å². The number of nitrogens with one attached hydrogen (secondary N) is 1. The zero-order valence-electron chi connectivity index (χ0n) is 9.80. The molecular formula is C14H13N3O. The third-order valence-corrected chi connectivity index (χ3v) is 2.55. The lowest BCUT2D eigenvalue weighted by Crippen LogP contribution is -1.97. The molecule has 0 aliphatic heterocycles. The van der Waals surface area contributed by atoms with Gasteiger partial charge < -0.3 is 10.4 Å². The first-order valence-electron chi connectivity index (χ1n) is 5.65. The zero-order chi connectivity index (χ0) is 12.8. The van der Waals surface area contributed by atoms with E-state index in [9.17, 15) is 0 Å². The minimum absolute atomic E-state index is 0.144. The highest BCUT2D eigenvalue weighted by Gasteiger charge is 2.02. The quantitative estimate of drug-likeness (QED) is 0.858. The van der Waals surface area contributed by atoms with Gasteiger partial charge in [0.2, 0.25) is 0 Å². The van der Waals surface area contributed by atoms with Crippen LogP contribution in [0.1, 0.15) is 11.1 Å². The van der Waals surface area contributed by atoms with Gasteiger partial charge in [0.15, 0.2) is 0 Å². The van der Waals surface area contributed by atoms with Gasteiger partial charge in [0.25, 0.3) is 0 Å². The smallest absolute Gasteiger partial charge is 0.148 e. The zero-order valence-corrected chi connectivity index (χ0v) is 9.80. The van der Waals surface area contributed by atoms with E-state index in [4.69, 9.17) is 10.4 Å². The van der Waals surface area contributed by atoms with Crippen molar-refractivity contribution in [3.63, 3.8) is 0 Å². The molecule has 18 heavy (non-hydrogen) atoms. The Hall–Kier alpha value is -2.38. The van der Waals surface area contributed by atoms with Gasteiger partial charge in [-0.1, -0.05) is 12.1 Å². The summed E-state index contributed by atoms with van der Waals surface area (Å²) in [6.07, 6.45) is 2.29. The van der Waals surface area contributed by atoms with Gasteiger partial charge in [0.1, 0.15) is 11.9 Å². The monoisotopic (exact) mass is 239 g/mol. The SMILES string of the molecule is N#Cc1cccnc1Nc1ccc(CCO)cc1. The van der Waals surface area contributed by atoms with Gasteiger partial charge in [-0.25, -0.2) is 4.98 Å². The lowest BCUT2D eigenvalue weighted by Gasteiger charge is -2.07. The van der Waals surface area contributed by atoms with Crippen LogP contribution < -0.4 is 5.32 Å². The normalized spacial score (nSPS) is 9.78. The molecule has 90 valence electrons. The van der Waals surface area contributed by atoms with Crippen molar-refractivity contribution in [2.45, 2.75) is 6.42 Å². The third-order valence-electron chi connectivity index (χ3n) is 2.55. The van der Waals surface area contributed by atoms with Crippen LogP contribution in [-0.4, -0.2) is 16.7 Å². The summed E-state index contributed by atoms with van der Waals surface area (Å²) in [4.78, 5) is 4.13. The maximum Gasteiger partial charge on any atom is 0.148 e. The Kier molecular flexibility index (Phi) is 3.90. The van der Waals surface area contributed by atoms with E-state index in [1.165, 1.54) is 0 Å². The molecule has 4 nitrogen and oxygen atoms in total. The second-order valence-electron chi connectivity index (χ2n) is 3.81. The summed E-state index contributed by atoms with van der Waals surface area (Å²) in [5.41, 5.74) is 2.45. The van der Waals surface area contributed by atoms with Crippen LogP contribution in [0, 0.1) is 11.3 Å². The molecule has 2 N–H and O–H groups in total. The predicted octanol–water partition coefficient (Wildman–Crippen LogP) is 2.23. The number of aliphatic hydroxyl groups is 1. The molecule has 1 aromatic heterocycles. The minimum Gasteiger partial charge on any atom is -0.396 e. The van der Waals surface area contributed by atoms with Gasteiger partial charge >= 0.3 is 0 Å². The van der Waals surface area contributed by atoms with Gasteiger partial charge in [-0.3, -0.25) is 0 Å². The first-order chi connectivity index (χ1) is 8.83. The molecule has 1 heterocycles. The van der Waals surface area contributed by atoms with E-state index in [-0.39, 0.29) is 6.61 Å². The molecule has 0 unspecified atom stereocenters. The lowest BCUT2D eigenvalue weighted by atomic mass is 10.1. The average molecular weight is 239 g/mol. The van der Waals surface area contributed by atoms with E-state index >= 15 is 0 Å². The van der Waals surface area contributed by atoms with E-state index in [1.54, 1.807) is 18.3 Å². The maximum atomic E-state index is 8.95. The van der Waals surface area contributed by atoms with Gasteiger partial charge in [-0.05, 0) is 36.2 Å². The maximum absolute atomic E-state index is 8.95. The standard InChI is InChI=1S/C14H13N3O/c15-10-12-2-1-8-16-14(12)17-13-5-3-11(4-6-13)7-9-18/h1-6,8,18H,7,9H2,(H,16,17). The van der Waals surface area contributed by atoms with E-state index < -0.39 is 0 Å². The Labute approximate surface area is 106 Å². The minimum atomic E-state index is 0.144. The van der Waals surface area contributed by atoms with Crippen molar-refractivity contribution < 1.29 is 5.11 Å². The van der Waals surface area contributed by atoms with Crippen molar-refractivity contribution in [1.82, 2.24) is 4.98 Å².